The Kier molecular flexibility index (Phi) is 5.92. The lowest BCUT2D eigenvalue weighted by Gasteiger charge is -2.37. The first-order valence-corrected chi connectivity index (χ1v) is 10.8. The molecule has 1 saturated heterocycles. The zero-order valence-electron chi connectivity index (χ0n) is 14.8. The number of sulfone groups is 1. The lowest BCUT2D eigenvalue weighted by Crippen LogP contribution is -2.37. The molecule has 4 heteroatoms. The van der Waals surface area contributed by atoms with Gasteiger partial charge in [0.1, 0.15) is 0 Å². The zero-order chi connectivity index (χ0) is 17.7. The fraction of sp³-hybridized carbons (Fsp3) is 0.429. The molecule has 0 aromatic heterocycles. The van der Waals surface area contributed by atoms with Gasteiger partial charge in [0.05, 0.1) is 10.6 Å². The molecule has 2 aromatic carbocycles. The van der Waals surface area contributed by atoms with Crippen LogP contribution in [0.15, 0.2) is 65.6 Å². The third kappa shape index (κ3) is 4.71. The maximum Gasteiger partial charge on any atom is 0.178 e. The van der Waals surface area contributed by atoms with E-state index in [0.717, 1.165) is 19.0 Å². The number of nitrogens with zero attached hydrogens (tertiary/aromatic N) is 1. The fourth-order valence-electron chi connectivity index (χ4n) is 3.59. The van der Waals surface area contributed by atoms with Crippen LogP contribution in [0.5, 0.6) is 0 Å². The van der Waals surface area contributed by atoms with Crippen LogP contribution in [0.25, 0.3) is 0 Å². The molecule has 0 radical (unpaired) electrons. The molecule has 0 bridgehead atoms. The van der Waals surface area contributed by atoms with E-state index in [-0.39, 0.29) is 11.8 Å². The van der Waals surface area contributed by atoms with E-state index in [1.807, 2.05) is 24.3 Å². The van der Waals surface area contributed by atoms with Crippen LogP contribution in [-0.4, -0.2) is 32.2 Å². The number of hydrogen-bond donors (Lipinski definition) is 0. The van der Waals surface area contributed by atoms with Gasteiger partial charge in [-0.15, -0.1) is 0 Å². The molecule has 0 aliphatic carbocycles. The predicted octanol–water partition coefficient (Wildman–Crippen LogP) is 4.32. The molecule has 2 aromatic rings. The Hall–Kier alpha value is -1.65. The topological polar surface area (TPSA) is 37.4 Å². The lowest BCUT2D eigenvalue weighted by atomic mass is 9.95. The summed E-state index contributed by atoms with van der Waals surface area (Å²) in [5, 5.41) is 0. The molecule has 1 heterocycles. The Morgan fingerprint density at radius 2 is 1.52 bits per heavy atom. The number of benzene rings is 2. The maximum absolute atomic E-state index is 12.7. The fourth-order valence-corrected chi connectivity index (χ4v) is 4.93. The summed E-state index contributed by atoms with van der Waals surface area (Å²) in [6, 6.07) is 19.3. The molecule has 1 aliphatic rings. The molecule has 0 N–H and O–H groups in total. The second kappa shape index (κ2) is 8.15. The van der Waals surface area contributed by atoms with Crippen LogP contribution in [-0.2, 0) is 9.84 Å². The van der Waals surface area contributed by atoms with Crippen LogP contribution in [0.3, 0.4) is 0 Å². The van der Waals surface area contributed by atoms with Crippen LogP contribution in [0.1, 0.15) is 37.8 Å². The highest BCUT2D eigenvalue weighted by Gasteiger charge is 2.26. The Labute approximate surface area is 151 Å². The average Bonchev–Trinajstić information content (AvgIpc) is 2.65. The second-order valence-electron chi connectivity index (χ2n) is 7.07. The normalized spacial score (nSPS) is 18.1. The zero-order valence-corrected chi connectivity index (χ0v) is 15.7. The van der Waals surface area contributed by atoms with Crippen molar-refractivity contribution >= 4 is 9.84 Å². The SMILES string of the molecule is CC1CCN(C(CCS(=O)(=O)c2ccccc2)c2ccccc2)CC1. The highest BCUT2D eigenvalue weighted by Crippen LogP contribution is 2.30. The second-order valence-corrected chi connectivity index (χ2v) is 9.17. The van der Waals surface area contributed by atoms with Gasteiger partial charge >= 0.3 is 0 Å². The third-order valence-electron chi connectivity index (χ3n) is 5.21. The van der Waals surface area contributed by atoms with E-state index in [4.69, 9.17) is 0 Å². The van der Waals surface area contributed by atoms with E-state index in [1.54, 1.807) is 24.3 Å². The highest BCUT2D eigenvalue weighted by atomic mass is 32.2. The highest BCUT2D eigenvalue weighted by molar-refractivity contribution is 7.91. The quantitative estimate of drug-likeness (QED) is 0.772. The third-order valence-corrected chi connectivity index (χ3v) is 6.97. The summed E-state index contributed by atoms with van der Waals surface area (Å²) < 4.78 is 25.4. The Balaban J connectivity index is 1.76. The van der Waals surface area contributed by atoms with Gasteiger partial charge in [0.25, 0.3) is 0 Å². The van der Waals surface area contributed by atoms with Crippen LogP contribution >= 0.6 is 0 Å². The van der Waals surface area contributed by atoms with Gasteiger partial charge in [0.15, 0.2) is 9.84 Å². The smallest absolute Gasteiger partial charge is 0.178 e. The van der Waals surface area contributed by atoms with Crippen LogP contribution < -0.4 is 0 Å². The van der Waals surface area contributed by atoms with Crippen LogP contribution in [0.4, 0.5) is 0 Å². The molecule has 1 atom stereocenters. The largest absolute Gasteiger partial charge is 0.296 e. The minimum absolute atomic E-state index is 0.173. The molecule has 1 unspecified atom stereocenters. The molecule has 3 rings (SSSR count). The van der Waals surface area contributed by atoms with E-state index < -0.39 is 9.84 Å². The molecule has 0 saturated carbocycles. The van der Waals surface area contributed by atoms with Crippen molar-refractivity contribution in [2.45, 2.75) is 37.1 Å². The first-order valence-electron chi connectivity index (χ1n) is 9.13. The van der Waals surface area contributed by atoms with E-state index in [2.05, 4.69) is 24.0 Å². The van der Waals surface area contributed by atoms with Gasteiger partial charge in [-0.3, -0.25) is 4.90 Å². The Morgan fingerprint density at radius 3 is 2.12 bits per heavy atom. The molecule has 134 valence electrons. The van der Waals surface area contributed by atoms with E-state index in [1.165, 1.54) is 18.4 Å². The van der Waals surface area contributed by atoms with E-state index in [9.17, 15) is 8.42 Å². The minimum atomic E-state index is -3.24. The molecule has 1 fully saturated rings. The van der Waals surface area contributed by atoms with Crippen molar-refractivity contribution in [3.8, 4) is 0 Å². The molecule has 0 spiro atoms. The van der Waals surface area contributed by atoms with Crippen molar-refractivity contribution in [1.29, 1.82) is 0 Å². The number of piperidine rings is 1. The molecule has 25 heavy (non-hydrogen) atoms. The summed E-state index contributed by atoms with van der Waals surface area (Å²) in [6.07, 6.45) is 3.01. The first kappa shape index (κ1) is 18.2. The number of hydrogen-bond acceptors (Lipinski definition) is 3. The summed E-state index contributed by atoms with van der Waals surface area (Å²) in [5.41, 5.74) is 1.22. The molecule has 0 amide bonds. The summed E-state index contributed by atoms with van der Waals surface area (Å²) >= 11 is 0. The molecular formula is C21H27NO2S. The lowest BCUT2D eigenvalue weighted by molar-refractivity contribution is 0.135. The Bertz CT molecular complexity index is 751. The van der Waals surface area contributed by atoms with Crippen molar-refractivity contribution in [3.63, 3.8) is 0 Å². The monoisotopic (exact) mass is 357 g/mol. The van der Waals surface area contributed by atoms with Gasteiger partial charge in [0, 0.05) is 6.04 Å². The molecule has 1 aliphatic heterocycles. The van der Waals surface area contributed by atoms with Crippen molar-refractivity contribution in [2.24, 2.45) is 5.92 Å². The van der Waals surface area contributed by atoms with Crippen molar-refractivity contribution in [3.05, 3.63) is 66.2 Å². The maximum atomic E-state index is 12.7. The first-order chi connectivity index (χ1) is 12.1. The number of rotatable bonds is 6. The van der Waals surface area contributed by atoms with Crippen LogP contribution in [0.2, 0.25) is 0 Å². The van der Waals surface area contributed by atoms with E-state index >= 15 is 0 Å². The molecule has 3 nitrogen and oxygen atoms in total. The predicted molar refractivity (Wildman–Crippen MR) is 102 cm³/mol. The van der Waals surface area contributed by atoms with Crippen molar-refractivity contribution in [1.82, 2.24) is 4.90 Å². The van der Waals surface area contributed by atoms with Crippen molar-refractivity contribution < 1.29 is 8.42 Å². The standard InChI is InChI=1S/C21H27NO2S/c1-18-12-15-22(16-13-18)21(19-8-4-2-5-9-19)14-17-25(23,24)20-10-6-3-7-11-20/h2-11,18,21H,12-17H2,1H3. The average molecular weight is 358 g/mol. The summed E-state index contributed by atoms with van der Waals surface area (Å²) in [6.45, 7) is 4.40. The van der Waals surface area contributed by atoms with Crippen molar-refractivity contribution in [2.75, 3.05) is 18.8 Å². The summed E-state index contributed by atoms with van der Waals surface area (Å²) in [5.74, 6) is 0.948. The van der Waals surface area contributed by atoms with Gasteiger partial charge in [0.2, 0.25) is 0 Å². The van der Waals surface area contributed by atoms with Gasteiger partial charge in [-0.2, -0.15) is 0 Å². The van der Waals surface area contributed by atoms with Gasteiger partial charge in [-0.1, -0.05) is 55.5 Å². The molecular weight excluding hydrogens is 330 g/mol. The van der Waals surface area contributed by atoms with Gasteiger partial charge < -0.3 is 0 Å². The Morgan fingerprint density at radius 1 is 0.960 bits per heavy atom. The van der Waals surface area contributed by atoms with Crippen LogP contribution in [0, 0.1) is 5.92 Å². The van der Waals surface area contributed by atoms with Gasteiger partial charge in [-0.05, 0) is 56.0 Å². The minimum Gasteiger partial charge on any atom is -0.296 e. The number of likely N-dealkylation sites (tertiary alicyclic amines) is 1. The summed E-state index contributed by atoms with van der Waals surface area (Å²) in [7, 11) is -3.24. The van der Waals surface area contributed by atoms with Gasteiger partial charge in [-0.25, -0.2) is 8.42 Å². The van der Waals surface area contributed by atoms with E-state index in [0.29, 0.717) is 11.3 Å². The summed E-state index contributed by atoms with van der Waals surface area (Å²) in [4.78, 5) is 2.89.